The molecule has 1 N–H and O–H groups in total. The van der Waals surface area contributed by atoms with Gasteiger partial charge in [-0.3, -0.25) is 0 Å². The molecule has 1 aromatic carbocycles. The molecule has 1 aromatic rings. The lowest BCUT2D eigenvalue weighted by molar-refractivity contribution is 0.577. The van der Waals surface area contributed by atoms with Crippen LogP contribution in [0, 0.1) is 11.6 Å². The zero-order valence-corrected chi connectivity index (χ0v) is 11.9. The average Bonchev–Trinajstić information content (AvgIpc) is 2.26. The maximum absolute atomic E-state index is 12.9. The van der Waals surface area contributed by atoms with E-state index in [9.17, 15) is 17.2 Å². The Bertz CT molecular complexity index is 495. The van der Waals surface area contributed by atoms with Gasteiger partial charge in [-0.1, -0.05) is 0 Å². The second kappa shape index (κ2) is 6.96. The predicted octanol–water partition coefficient (Wildman–Crippen LogP) is 1.92. The highest BCUT2D eigenvalue weighted by molar-refractivity contribution is 7.92. The smallest absolute Gasteiger partial charge is 0.153 e. The molecule has 0 fully saturated rings. The number of hydrogen-bond acceptors (Lipinski definition) is 3. The third-order valence-electron chi connectivity index (χ3n) is 2.79. The minimum absolute atomic E-state index is 0.0716. The molecule has 0 radical (unpaired) electrons. The molecule has 0 bridgehead atoms. The van der Waals surface area contributed by atoms with Gasteiger partial charge in [-0.15, -0.1) is 0 Å². The fourth-order valence-corrected chi connectivity index (χ4v) is 2.46. The summed E-state index contributed by atoms with van der Waals surface area (Å²) in [7, 11) is -3.04. The number of benzene rings is 1. The molecule has 3 nitrogen and oxygen atoms in total. The number of nitrogens with one attached hydrogen (secondary N) is 1. The number of hydrogen-bond donors (Lipinski definition) is 1. The second-order valence-electron chi connectivity index (χ2n) is 4.69. The molecule has 0 saturated heterocycles. The third-order valence-corrected chi connectivity index (χ3v) is 5.00. The molecular weight excluding hydrogens is 272 g/mol. The molecule has 0 aliphatic rings. The Labute approximate surface area is 112 Å². The number of sulfone groups is 1. The van der Waals surface area contributed by atoms with Gasteiger partial charge in [0.1, 0.15) is 11.6 Å². The van der Waals surface area contributed by atoms with Gasteiger partial charge in [0.15, 0.2) is 9.84 Å². The Balaban J connectivity index is 2.32. The van der Waals surface area contributed by atoms with Crippen LogP contribution in [-0.2, 0) is 16.3 Å². The molecule has 0 heterocycles. The molecule has 1 rings (SSSR count). The van der Waals surface area contributed by atoms with Gasteiger partial charge in [0, 0.05) is 12.6 Å². The summed E-state index contributed by atoms with van der Waals surface area (Å²) in [5, 5.41) is 2.58. The highest BCUT2D eigenvalue weighted by Gasteiger charge is 2.14. The monoisotopic (exact) mass is 291 g/mol. The minimum atomic E-state index is -3.04. The summed E-state index contributed by atoms with van der Waals surface area (Å²) >= 11 is 0. The molecule has 0 aliphatic heterocycles. The standard InChI is InChI=1S/C13H19F2NO2S/c1-10(2)19(17,18)6-5-16-4-3-11-7-12(14)9-13(15)8-11/h7-10,16H,3-6H2,1-2H3. The SMILES string of the molecule is CC(C)S(=O)(=O)CCNCCc1cc(F)cc(F)c1. The summed E-state index contributed by atoms with van der Waals surface area (Å²) in [4.78, 5) is 0. The molecule has 19 heavy (non-hydrogen) atoms. The molecule has 0 atom stereocenters. The van der Waals surface area contributed by atoms with E-state index in [1.807, 2.05) is 0 Å². The molecule has 0 amide bonds. The zero-order valence-electron chi connectivity index (χ0n) is 11.1. The summed E-state index contributed by atoms with van der Waals surface area (Å²) in [6.45, 7) is 4.12. The molecule has 0 spiro atoms. The van der Waals surface area contributed by atoms with Crippen molar-refractivity contribution in [2.45, 2.75) is 25.5 Å². The second-order valence-corrected chi connectivity index (χ2v) is 7.37. The van der Waals surface area contributed by atoms with Crippen LogP contribution in [-0.4, -0.2) is 32.5 Å². The van der Waals surface area contributed by atoms with Gasteiger partial charge in [0.25, 0.3) is 0 Å². The van der Waals surface area contributed by atoms with Crippen molar-refractivity contribution in [3.05, 3.63) is 35.4 Å². The van der Waals surface area contributed by atoms with Crippen molar-refractivity contribution in [2.24, 2.45) is 0 Å². The third kappa shape index (κ3) is 5.65. The van der Waals surface area contributed by atoms with Crippen molar-refractivity contribution in [2.75, 3.05) is 18.8 Å². The largest absolute Gasteiger partial charge is 0.315 e. The summed E-state index contributed by atoms with van der Waals surface area (Å²) in [6.07, 6.45) is 0.455. The van der Waals surface area contributed by atoms with Gasteiger partial charge >= 0.3 is 0 Å². The predicted molar refractivity (Wildman–Crippen MR) is 71.9 cm³/mol. The van der Waals surface area contributed by atoms with Gasteiger partial charge in [-0.05, 0) is 44.5 Å². The first-order valence-electron chi connectivity index (χ1n) is 6.18. The minimum Gasteiger partial charge on any atom is -0.315 e. The van der Waals surface area contributed by atoms with Crippen LogP contribution in [0.2, 0.25) is 0 Å². The van der Waals surface area contributed by atoms with Crippen LogP contribution in [0.25, 0.3) is 0 Å². The number of rotatable bonds is 7. The van der Waals surface area contributed by atoms with E-state index in [1.54, 1.807) is 13.8 Å². The molecular formula is C13H19F2NO2S. The zero-order chi connectivity index (χ0) is 14.5. The Kier molecular flexibility index (Phi) is 5.87. The topological polar surface area (TPSA) is 46.2 Å². The van der Waals surface area contributed by atoms with Crippen molar-refractivity contribution in [3.8, 4) is 0 Å². The fraction of sp³-hybridized carbons (Fsp3) is 0.538. The summed E-state index contributed by atoms with van der Waals surface area (Å²) < 4.78 is 48.8. The Morgan fingerprint density at radius 1 is 1.11 bits per heavy atom. The normalized spacial score (nSPS) is 12.1. The molecule has 0 saturated carbocycles. The fourth-order valence-electron chi connectivity index (χ4n) is 1.56. The highest BCUT2D eigenvalue weighted by atomic mass is 32.2. The highest BCUT2D eigenvalue weighted by Crippen LogP contribution is 2.08. The number of halogens is 2. The van der Waals surface area contributed by atoms with Crippen LogP contribution < -0.4 is 5.32 Å². The quantitative estimate of drug-likeness (QED) is 0.781. The van der Waals surface area contributed by atoms with E-state index in [1.165, 1.54) is 12.1 Å². The average molecular weight is 291 g/mol. The van der Waals surface area contributed by atoms with E-state index in [-0.39, 0.29) is 11.0 Å². The van der Waals surface area contributed by atoms with E-state index < -0.39 is 21.5 Å². The van der Waals surface area contributed by atoms with E-state index in [2.05, 4.69) is 5.32 Å². The summed E-state index contributed by atoms with van der Waals surface area (Å²) in [5.74, 6) is -1.13. The first kappa shape index (κ1) is 16.0. The van der Waals surface area contributed by atoms with Gasteiger partial charge in [-0.2, -0.15) is 0 Å². The first-order chi connectivity index (χ1) is 8.81. The molecule has 0 aliphatic carbocycles. The summed E-state index contributed by atoms with van der Waals surface area (Å²) in [5.41, 5.74) is 0.553. The van der Waals surface area contributed by atoms with Gasteiger partial charge in [-0.25, -0.2) is 17.2 Å². The van der Waals surface area contributed by atoms with Crippen LogP contribution in [0.1, 0.15) is 19.4 Å². The van der Waals surface area contributed by atoms with Crippen LogP contribution in [0.4, 0.5) is 8.78 Å². The van der Waals surface area contributed by atoms with Gasteiger partial charge in [0.2, 0.25) is 0 Å². The van der Waals surface area contributed by atoms with E-state index in [0.717, 1.165) is 6.07 Å². The Hall–Kier alpha value is -1.01. The van der Waals surface area contributed by atoms with Crippen molar-refractivity contribution < 1.29 is 17.2 Å². The van der Waals surface area contributed by atoms with Gasteiger partial charge < -0.3 is 5.32 Å². The van der Waals surface area contributed by atoms with Crippen LogP contribution >= 0.6 is 0 Å². The lowest BCUT2D eigenvalue weighted by Gasteiger charge is -2.08. The molecule has 6 heteroatoms. The van der Waals surface area contributed by atoms with E-state index >= 15 is 0 Å². The maximum Gasteiger partial charge on any atom is 0.153 e. The molecule has 0 aromatic heterocycles. The maximum atomic E-state index is 12.9. The van der Waals surface area contributed by atoms with Crippen molar-refractivity contribution in [1.29, 1.82) is 0 Å². The van der Waals surface area contributed by atoms with Crippen LogP contribution in [0.3, 0.4) is 0 Å². The van der Waals surface area contributed by atoms with Gasteiger partial charge in [0.05, 0.1) is 11.0 Å². The summed E-state index contributed by atoms with van der Waals surface area (Å²) in [6, 6.07) is 3.37. The molecule has 108 valence electrons. The van der Waals surface area contributed by atoms with E-state index in [4.69, 9.17) is 0 Å². The lowest BCUT2D eigenvalue weighted by atomic mass is 10.1. The van der Waals surface area contributed by atoms with E-state index in [0.29, 0.717) is 25.1 Å². The van der Waals surface area contributed by atoms with Crippen molar-refractivity contribution in [3.63, 3.8) is 0 Å². The first-order valence-corrected chi connectivity index (χ1v) is 7.90. The lowest BCUT2D eigenvalue weighted by Crippen LogP contribution is -2.28. The Morgan fingerprint density at radius 2 is 1.68 bits per heavy atom. The van der Waals surface area contributed by atoms with Crippen LogP contribution in [0.5, 0.6) is 0 Å². The Morgan fingerprint density at radius 3 is 2.21 bits per heavy atom. The van der Waals surface area contributed by atoms with Crippen molar-refractivity contribution >= 4 is 9.84 Å². The van der Waals surface area contributed by atoms with Crippen LogP contribution in [0.15, 0.2) is 18.2 Å². The van der Waals surface area contributed by atoms with Crippen molar-refractivity contribution in [1.82, 2.24) is 5.32 Å². The molecule has 0 unspecified atom stereocenters.